The van der Waals surface area contributed by atoms with Crippen LogP contribution in [0, 0.1) is 5.92 Å². The lowest BCUT2D eigenvalue weighted by Gasteiger charge is -2.43. The molecule has 0 aromatic heterocycles. The van der Waals surface area contributed by atoms with Crippen LogP contribution in [0.5, 0.6) is 0 Å². The van der Waals surface area contributed by atoms with Gasteiger partial charge in [-0.3, -0.25) is 4.90 Å². The lowest BCUT2D eigenvalue weighted by Crippen LogP contribution is -2.55. The van der Waals surface area contributed by atoms with E-state index in [1.54, 1.807) is 0 Å². The van der Waals surface area contributed by atoms with Gasteiger partial charge in [-0.05, 0) is 38.2 Å². The molecule has 18 heavy (non-hydrogen) atoms. The first kappa shape index (κ1) is 12.2. The predicted molar refractivity (Wildman–Crippen MR) is 75.5 cm³/mol. The summed E-state index contributed by atoms with van der Waals surface area (Å²) in [7, 11) is 0. The number of hydrogen-bond donors (Lipinski definition) is 1. The van der Waals surface area contributed by atoms with Crippen LogP contribution < -0.4 is 5.32 Å². The summed E-state index contributed by atoms with van der Waals surface area (Å²) >= 11 is 0. The first-order valence-corrected chi connectivity index (χ1v) is 7.30. The van der Waals surface area contributed by atoms with Crippen molar-refractivity contribution >= 4 is 0 Å². The molecule has 1 aromatic rings. The van der Waals surface area contributed by atoms with E-state index >= 15 is 0 Å². The summed E-state index contributed by atoms with van der Waals surface area (Å²) in [6, 6.07) is 12.8. The van der Waals surface area contributed by atoms with Gasteiger partial charge in [0.25, 0.3) is 0 Å². The fourth-order valence-electron chi connectivity index (χ4n) is 3.17. The van der Waals surface area contributed by atoms with E-state index in [1.807, 2.05) is 0 Å². The topological polar surface area (TPSA) is 15.3 Å². The summed E-state index contributed by atoms with van der Waals surface area (Å²) in [4.78, 5) is 2.68. The maximum Gasteiger partial charge on any atom is 0.0476 e. The molecule has 2 nitrogen and oxygen atoms in total. The fourth-order valence-corrected chi connectivity index (χ4v) is 3.17. The molecule has 2 fully saturated rings. The van der Waals surface area contributed by atoms with Crippen molar-refractivity contribution in [2.24, 2.45) is 5.92 Å². The molecule has 1 N–H and O–H groups in total. The summed E-state index contributed by atoms with van der Waals surface area (Å²) < 4.78 is 0. The number of nitrogens with one attached hydrogen (secondary N) is 1. The fraction of sp³-hybridized carbons (Fsp3) is 0.625. The van der Waals surface area contributed by atoms with Crippen LogP contribution in [0.2, 0.25) is 0 Å². The molecule has 1 aliphatic heterocycles. The molecule has 0 amide bonds. The van der Waals surface area contributed by atoms with Crippen LogP contribution in [0.25, 0.3) is 0 Å². The van der Waals surface area contributed by atoms with Crippen LogP contribution in [0.15, 0.2) is 30.3 Å². The highest BCUT2D eigenvalue weighted by Gasteiger charge is 2.38. The Morgan fingerprint density at radius 3 is 2.50 bits per heavy atom. The van der Waals surface area contributed by atoms with Crippen LogP contribution >= 0.6 is 0 Å². The molecule has 0 radical (unpaired) electrons. The van der Waals surface area contributed by atoms with Crippen molar-refractivity contribution in [2.75, 3.05) is 13.1 Å². The first-order chi connectivity index (χ1) is 8.75. The SMILES string of the molecule is CC(C)N1CC(C2CC2)NCC1c1ccccc1. The lowest BCUT2D eigenvalue weighted by atomic mass is 9.98. The molecular formula is C16H24N2. The molecule has 1 aliphatic carbocycles. The van der Waals surface area contributed by atoms with E-state index < -0.39 is 0 Å². The van der Waals surface area contributed by atoms with Gasteiger partial charge in [0.2, 0.25) is 0 Å². The van der Waals surface area contributed by atoms with Gasteiger partial charge in [-0.1, -0.05) is 30.3 Å². The minimum absolute atomic E-state index is 0.543. The van der Waals surface area contributed by atoms with Gasteiger partial charge in [0.15, 0.2) is 0 Å². The van der Waals surface area contributed by atoms with E-state index in [9.17, 15) is 0 Å². The van der Waals surface area contributed by atoms with Crippen molar-refractivity contribution in [3.05, 3.63) is 35.9 Å². The molecule has 0 bridgehead atoms. The van der Waals surface area contributed by atoms with E-state index in [0.717, 1.165) is 18.5 Å². The maximum atomic E-state index is 3.77. The Morgan fingerprint density at radius 1 is 1.17 bits per heavy atom. The van der Waals surface area contributed by atoms with E-state index in [4.69, 9.17) is 0 Å². The van der Waals surface area contributed by atoms with Crippen LogP contribution in [0.1, 0.15) is 38.3 Å². The summed E-state index contributed by atoms with van der Waals surface area (Å²) in [5, 5.41) is 3.77. The Kier molecular flexibility index (Phi) is 3.40. The molecule has 98 valence electrons. The number of piperazine rings is 1. The third-order valence-electron chi connectivity index (χ3n) is 4.42. The highest BCUT2D eigenvalue weighted by atomic mass is 15.3. The quantitative estimate of drug-likeness (QED) is 0.879. The molecule has 1 saturated carbocycles. The Labute approximate surface area is 110 Å². The largest absolute Gasteiger partial charge is 0.311 e. The Balaban J connectivity index is 1.77. The Morgan fingerprint density at radius 2 is 1.89 bits per heavy atom. The zero-order valence-electron chi connectivity index (χ0n) is 11.5. The zero-order valence-corrected chi connectivity index (χ0v) is 11.5. The van der Waals surface area contributed by atoms with Gasteiger partial charge in [0.05, 0.1) is 0 Å². The molecule has 1 aromatic carbocycles. The molecule has 2 atom stereocenters. The highest BCUT2D eigenvalue weighted by Crippen LogP contribution is 2.36. The molecule has 1 saturated heterocycles. The van der Waals surface area contributed by atoms with Crippen LogP contribution in [0.4, 0.5) is 0 Å². The van der Waals surface area contributed by atoms with E-state index in [-0.39, 0.29) is 0 Å². The van der Waals surface area contributed by atoms with E-state index in [2.05, 4.69) is 54.4 Å². The van der Waals surface area contributed by atoms with Crippen molar-refractivity contribution in [3.63, 3.8) is 0 Å². The number of nitrogens with zero attached hydrogens (tertiary/aromatic N) is 1. The molecular weight excluding hydrogens is 220 g/mol. The van der Waals surface area contributed by atoms with E-state index in [1.165, 1.54) is 24.9 Å². The molecule has 3 rings (SSSR count). The van der Waals surface area contributed by atoms with Gasteiger partial charge in [-0.25, -0.2) is 0 Å². The van der Waals surface area contributed by atoms with Crippen molar-refractivity contribution in [1.82, 2.24) is 10.2 Å². The molecule has 2 unspecified atom stereocenters. The summed E-state index contributed by atoms with van der Waals surface area (Å²) in [5.41, 5.74) is 1.45. The van der Waals surface area contributed by atoms with Crippen molar-refractivity contribution < 1.29 is 0 Å². The normalized spacial score (nSPS) is 29.7. The summed E-state index contributed by atoms with van der Waals surface area (Å²) in [5.74, 6) is 0.947. The predicted octanol–water partition coefficient (Wildman–Crippen LogP) is 2.82. The van der Waals surface area contributed by atoms with Crippen LogP contribution in [0.3, 0.4) is 0 Å². The standard InChI is InChI=1S/C16H24N2/c1-12(2)18-11-15(13-8-9-13)17-10-16(18)14-6-4-3-5-7-14/h3-7,12-13,15-17H,8-11H2,1-2H3. The number of rotatable bonds is 3. The third kappa shape index (κ3) is 2.45. The second kappa shape index (κ2) is 5.02. The van der Waals surface area contributed by atoms with Crippen LogP contribution in [-0.4, -0.2) is 30.1 Å². The molecule has 2 aliphatic rings. The van der Waals surface area contributed by atoms with E-state index in [0.29, 0.717) is 12.1 Å². The second-order valence-corrected chi connectivity index (χ2v) is 6.07. The number of benzene rings is 1. The van der Waals surface area contributed by atoms with Crippen LogP contribution in [-0.2, 0) is 0 Å². The highest BCUT2D eigenvalue weighted by molar-refractivity contribution is 5.20. The van der Waals surface area contributed by atoms with Crippen molar-refractivity contribution in [3.8, 4) is 0 Å². The smallest absolute Gasteiger partial charge is 0.0476 e. The van der Waals surface area contributed by atoms with Gasteiger partial charge in [-0.2, -0.15) is 0 Å². The van der Waals surface area contributed by atoms with Crippen molar-refractivity contribution in [2.45, 2.75) is 44.8 Å². The summed E-state index contributed by atoms with van der Waals surface area (Å²) in [6.07, 6.45) is 2.86. The van der Waals surface area contributed by atoms with Gasteiger partial charge in [0, 0.05) is 31.2 Å². The lowest BCUT2D eigenvalue weighted by molar-refractivity contribution is 0.0903. The van der Waals surface area contributed by atoms with Gasteiger partial charge in [-0.15, -0.1) is 0 Å². The molecule has 0 spiro atoms. The summed E-state index contributed by atoms with van der Waals surface area (Å²) in [6.45, 7) is 6.96. The minimum Gasteiger partial charge on any atom is -0.311 e. The third-order valence-corrected chi connectivity index (χ3v) is 4.42. The number of hydrogen-bond acceptors (Lipinski definition) is 2. The maximum absolute atomic E-state index is 3.77. The van der Waals surface area contributed by atoms with Gasteiger partial charge in [0.1, 0.15) is 0 Å². The van der Waals surface area contributed by atoms with Gasteiger partial charge < -0.3 is 5.32 Å². The second-order valence-electron chi connectivity index (χ2n) is 6.07. The van der Waals surface area contributed by atoms with Gasteiger partial charge >= 0.3 is 0 Å². The first-order valence-electron chi connectivity index (χ1n) is 7.30. The minimum atomic E-state index is 0.543. The monoisotopic (exact) mass is 244 g/mol. The average molecular weight is 244 g/mol. The molecule has 2 heteroatoms. The Hall–Kier alpha value is -0.860. The molecule has 1 heterocycles. The van der Waals surface area contributed by atoms with Crippen molar-refractivity contribution in [1.29, 1.82) is 0 Å². The zero-order chi connectivity index (χ0) is 12.5. The average Bonchev–Trinajstić information content (AvgIpc) is 3.23. The Bertz CT molecular complexity index is 383.